The van der Waals surface area contributed by atoms with Crippen LogP contribution in [0.3, 0.4) is 0 Å². The molecule has 1 amide bonds. The number of carbonyl (C=O) groups excluding carboxylic acids is 1. The van der Waals surface area contributed by atoms with Crippen LogP contribution in [-0.2, 0) is 11.3 Å². The molecule has 3 rings (SSSR count). The molecular formula is C19H20N2O4. The van der Waals surface area contributed by atoms with Crippen LogP contribution in [0.4, 0.5) is 0 Å². The standard InChI is InChI=1S/C19H20N2O4/c1-21(13-15-5-3-4-8-20-15)18(22)7-6-14-11-16(23-2)19-17(12-14)24-9-10-25-19/h3-8,11-12H,9-10,13H2,1-2H3/b7-6+. The molecule has 0 fully saturated rings. The van der Waals surface area contributed by atoms with Crippen LogP contribution in [-0.4, -0.2) is 43.2 Å². The lowest BCUT2D eigenvalue weighted by molar-refractivity contribution is -0.125. The smallest absolute Gasteiger partial charge is 0.246 e. The maximum Gasteiger partial charge on any atom is 0.246 e. The highest BCUT2D eigenvalue weighted by atomic mass is 16.6. The van der Waals surface area contributed by atoms with E-state index in [0.717, 1.165) is 11.3 Å². The van der Waals surface area contributed by atoms with Gasteiger partial charge in [0.1, 0.15) is 13.2 Å². The number of pyridine rings is 1. The predicted octanol–water partition coefficient (Wildman–Crippen LogP) is 2.53. The molecule has 0 bridgehead atoms. The van der Waals surface area contributed by atoms with Gasteiger partial charge in [-0.3, -0.25) is 9.78 Å². The van der Waals surface area contributed by atoms with Crippen molar-refractivity contribution in [3.05, 3.63) is 53.9 Å². The van der Waals surface area contributed by atoms with Gasteiger partial charge in [-0.1, -0.05) is 6.07 Å². The molecule has 130 valence electrons. The van der Waals surface area contributed by atoms with E-state index in [1.807, 2.05) is 30.3 Å². The van der Waals surface area contributed by atoms with Gasteiger partial charge in [-0.2, -0.15) is 0 Å². The second-order valence-corrected chi connectivity index (χ2v) is 5.60. The van der Waals surface area contributed by atoms with Gasteiger partial charge in [-0.25, -0.2) is 0 Å². The SMILES string of the molecule is COc1cc(/C=C/C(=O)N(C)Cc2ccccn2)cc2c1OCCO2. The number of carbonyl (C=O) groups is 1. The minimum atomic E-state index is -0.112. The van der Waals surface area contributed by atoms with Crippen molar-refractivity contribution in [3.63, 3.8) is 0 Å². The van der Waals surface area contributed by atoms with E-state index in [1.54, 1.807) is 31.3 Å². The molecule has 0 aliphatic carbocycles. The molecule has 0 atom stereocenters. The number of aromatic nitrogens is 1. The monoisotopic (exact) mass is 340 g/mol. The minimum absolute atomic E-state index is 0.112. The lowest BCUT2D eigenvalue weighted by atomic mass is 10.1. The lowest BCUT2D eigenvalue weighted by Crippen LogP contribution is -2.24. The van der Waals surface area contributed by atoms with Gasteiger partial charge >= 0.3 is 0 Å². The fourth-order valence-corrected chi connectivity index (χ4v) is 2.50. The molecule has 0 unspecified atom stereocenters. The summed E-state index contributed by atoms with van der Waals surface area (Å²) in [6.45, 7) is 1.44. The van der Waals surface area contributed by atoms with Crippen LogP contribution in [0.25, 0.3) is 6.08 Å². The number of amides is 1. The van der Waals surface area contributed by atoms with Crippen molar-refractivity contribution in [1.29, 1.82) is 0 Å². The van der Waals surface area contributed by atoms with Gasteiger partial charge in [0.25, 0.3) is 0 Å². The topological polar surface area (TPSA) is 60.9 Å². The molecule has 0 saturated carbocycles. The summed E-state index contributed by atoms with van der Waals surface area (Å²) in [6.07, 6.45) is 4.97. The third-order valence-electron chi connectivity index (χ3n) is 3.77. The number of fused-ring (bicyclic) bond motifs is 1. The molecule has 1 aromatic heterocycles. The number of hydrogen-bond acceptors (Lipinski definition) is 5. The van der Waals surface area contributed by atoms with Crippen LogP contribution in [0.1, 0.15) is 11.3 Å². The zero-order valence-corrected chi connectivity index (χ0v) is 14.3. The first-order valence-corrected chi connectivity index (χ1v) is 7.98. The number of benzene rings is 1. The Balaban J connectivity index is 1.71. The molecule has 0 radical (unpaired) electrons. The van der Waals surface area contributed by atoms with Crippen molar-refractivity contribution in [3.8, 4) is 17.2 Å². The molecule has 6 heteroatoms. The van der Waals surface area contributed by atoms with Crippen molar-refractivity contribution in [2.45, 2.75) is 6.54 Å². The largest absolute Gasteiger partial charge is 0.493 e. The molecule has 2 aromatic rings. The maximum absolute atomic E-state index is 12.3. The number of nitrogens with zero attached hydrogens (tertiary/aromatic N) is 2. The second kappa shape index (κ2) is 7.70. The first-order chi connectivity index (χ1) is 12.2. The molecule has 6 nitrogen and oxygen atoms in total. The number of rotatable bonds is 5. The van der Waals surface area contributed by atoms with E-state index in [2.05, 4.69) is 4.98 Å². The van der Waals surface area contributed by atoms with Crippen molar-refractivity contribution in [2.75, 3.05) is 27.4 Å². The second-order valence-electron chi connectivity index (χ2n) is 5.60. The average molecular weight is 340 g/mol. The van der Waals surface area contributed by atoms with E-state index < -0.39 is 0 Å². The summed E-state index contributed by atoms with van der Waals surface area (Å²) in [5.74, 6) is 1.70. The predicted molar refractivity (Wildman–Crippen MR) is 93.7 cm³/mol. The molecule has 0 N–H and O–H groups in total. The van der Waals surface area contributed by atoms with E-state index >= 15 is 0 Å². The Morgan fingerprint density at radius 3 is 2.92 bits per heavy atom. The maximum atomic E-state index is 12.3. The Bertz CT molecular complexity index is 757. The van der Waals surface area contributed by atoms with E-state index in [0.29, 0.717) is 37.0 Å². The molecule has 1 aliphatic rings. The Morgan fingerprint density at radius 1 is 1.32 bits per heavy atom. The molecule has 0 saturated heterocycles. The molecule has 1 aliphatic heterocycles. The summed E-state index contributed by atoms with van der Waals surface area (Å²) in [5.41, 5.74) is 1.65. The van der Waals surface area contributed by atoms with Crippen LogP contribution < -0.4 is 14.2 Å². The van der Waals surface area contributed by atoms with Gasteiger partial charge in [0, 0.05) is 19.3 Å². The van der Waals surface area contributed by atoms with Crippen LogP contribution in [0, 0.1) is 0 Å². The summed E-state index contributed by atoms with van der Waals surface area (Å²) in [4.78, 5) is 18.1. The summed E-state index contributed by atoms with van der Waals surface area (Å²) < 4.78 is 16.5. The Morgan fingerprint density at radius 2 is 2.16 bits per heavy atom. The van der Waals surface area contributed by atoms with Crippen LogP contribution >= 0.6 is 0 Å². The number of methoxy groups -OCH3 is 1. The van der Waals surface area contributed by atoms with E-state index in [4.69, 9.17) is 14.2 Å². The Hall–Kier alpha value is -3.02. The third kappa shape index (κ3) is 4.09. The van der Waals surface area contributed by atoms with Gasteiger partial charge in [-0.05, 0) is 35.9 Å². The minimum Gasteiger partial charge on any atom is -0.493 e. The van der Waals surface area contributed by atoms with Gasteiger partial charge in [-0.15, -0.1) is 0 Å². The fourth-order valence-electron chi connectivity index (χ4n) is 2.50. The Labute approximate surface area is 146 Å². The molecule has 0 spiro atoms. The first-order valence-electron chi connectivity index (χ1n) is 7.98. The van der Waals surface area contributed by atoms with E-state index in [9.17, 15) is 4.79 Å². The summed E-state index contributed by atoms with van der Waals surface area (Å²) in [7, 11) is 3.32. The zero-order valence-electron chi connectivity index (χ0n) is 14.3. The third-order valence-corrected chi connectivity index (χ3v) is 3.77. The van der Waals surface area contributed by atoms with Gasteiger partial charge in [0.15, 0.2) is 11.5 Å². The van der Waals surface area contributed by atoms with Crippen LogP contribution in [0.5, 0.6) is 17.2 Å². The quantitative estimate of drug-likeness (QED) is 0.783. The number of likely N-dealkylation sites (N-methyl/N-ethyl adjacent to an activating group) is 1. The molecular weight excluding hydrogens is 320 g/mol. The van der Waals surface area contributed by atoms with Crippen molar-refractivity contribution in [2.24, 2.45) is 0 Å². The molecule has 1 aromatic carbocycles. The van der Waals surface area contributed by atoms with Gasteiger partial charge in [0.2, 0.25) is 11.7 Å². The van der Waals surface area contributed by atoms with Crippen LogP contribution in [0.15, 0.2) is 42.6 Å². The number of hydrogen-bond donors (Lipinski definition) is 0. The van der Waals surface area contributed by atoms with Crippen molar-refractivity contribution < 1.29 is 19.0 Å². The summed E-state index contributed by atoms with van der Waals surface area (Å²) in [6, 6.07) is 9.28. The molecule has 2 heterocycles. The lowest BCUT2D eigenvalue weighted by Gasteiger charge is -2.21. The number of ether oxygens (including phenoxy) is 3. The normalized spacial score (nSPS) is 12.9. The highest BCUT2D eigenvalue weighted by Crippen LogP contribution is 2.40. The van der Waals surface area contributed by atoms with Crippen molar-refractivity contribution in [1.82, 2.24) is 9.88 Å². The van der Waals surface area contributed by atoms with Crippen LogP contribution in [0.2, 0.25) is 0 Å². The zero-order chi connectivity index (χ0) is 17.6. The highest BCUT2D eigenvalue weighted by Gasteiger charge is 2.18. The summed E-state index contributed by atoms with van der Waals surface area (Å²) >= 11 is 0. The van der Waals surface area contributed by atoms with Gasteiger partial charge in [0.05, 0.1) is 19.3 Å². The highest BCUT2D eigenvalue weighted by molar-refractivity contribution is 5.91. The van der Waals surface area contributed by atoms with Crippen molar-refractivity contribution >= 4 is 12.0 Å². The Kier molecular flexibility index (Phi) is 5.18. The van der Waals surface area contributed by atoms with E-state index in [-0.39, 0.29) is 5.91 Å². The van der Waals surface area contributed by atoms with Gasteiger partial charge < -0.3 is 19.1 Å². The fraction of sp³-hybridized carbons (Fsp3) is 0.263. The first kappa shape index (κ1) is 16.8. The van der Waals surface area contributed by atoms with E-state index in [1.165, 1.54) is 6.08 Å². The summed E-state index contributed by atoms with van der Waals surface area (Å²) in [5, 5.41) is 0. The molecule has 25 heavy (non-hydrogen) atoms. The average Bonchev–Trinajstić information content (AvgIpc) is 2.66.